The van der Waals surface area contributed by atoms with Gasteiger partial charge in [-0.2, -0.15) is 0 Å². The van der Waals surface area contributed by atoms with Gasteiger partial charge in [-0.3, -0.25) is 14.8 Å². The highest BCUT2D eigenvalue weighted by molar-refractivity contribution is 5.77. The van der Waals surface area contributed by atoms with Gasteiger partial charge in [0.05, 0.1) is 6.54 Å². The molecular formula is C18H31N5. The normalized spacial score (nSPS) is 17.4. The Labute approximate surface area is 140 Å². The quantitative estimate of drug-likeness (QED) is 0.611. The average Bonchev–Trinajstić information content (AvgIpc) is 2.58. The van der Waals surface area contributed by atoms with Crippen LogP contribution in [0.1, 0.15) is 19.4 Å². The van der Waals surface area contributed by atoms with E-state index in [1.807, 2.05) is 0 Å². The molecule has 0 atom stereocenters. The molecule has 0 bridgehead atoms. The van der Waals surface area contributed by atoms with Crippen LogP contribution < -0.4 is 5.73 Å². The SMILES string of the molecule is CCN(CC)C(N)=NCCN1CCN(Cc2ccccc2)CC1. The number of nitrogens with two attached hydrogens (primary N) is 1. The van der Waals surface area contributed by atoms with E-state index in [-0.39, 0.29) is 0 Å². The van der Waals surface area contributed by atoms with Crippen LogP contribution in [0, 0.1) is 0 Å². The van der Waals surface area contributed by atoms with Gasteiger partial charge in [0.1, 0.15) is 0 Å². The summed E-state index contributed by atoms with van der Waals surface area (Å²) >= 11 is 0. The fraction of sp³-hybridized carbons (Fsp3) is 0.611. The smallest absolute Gasteiger partial charge is 0.191 e. The summed E-state index contributed by atoms with van der Waals surface area (Å²) in [6.07, 6.45) is 0. The summed E-state index contributed by atoms with van der Waals surface area (Å²) in [5.74, 6) is 0.678. The number of aliphatic imine (C=N–C) groups is 1. The summed E-state index contributed by atoms with van der Waals surface area (Å²) in [7, 11) is 0. The Hall–Kier alpha value is -1.59. The number of hydrogen-bond donors (Lipinski definition) is 1. The molecule has 0 aliphatic carbocycles. The molecule has 1 aliphatic rings. The minimum absolute atomic E-state index is 0.678. The minimum Gasteiger partial charge on any atom is -0.370 e. The van der Waals surface area contributed by atoms with E-state index < -0.39 is 0 Å². The van der Waals surface area contributed by atoms with Crippen LogP contribution >= 0.6 is 0 Å². The Morgan fingerprint density at radius 3 is 2.26 bits per heavy atom. The molecule has 1 aliphatic heterocycles. The molecule has 5 heteroatoms. The van der Waals surface area contributed by atoms with Crippen molar-refractivity contribution in [1.82, 2.24) is 14.7 Å². The lowest BCUT2D eigenvalue weighted by molar-refractivity contribution is 0.130. The summed E-state index contributed by atoms with van der Waals surface area (Å²) in [4.78, 5) is 11.6. The van der Waals surface area contributed by atoms with Crippen LogP contribution in [0.5, 0.6) is 0 Å². The molecule has 2 N–H and O–H groups in total. The van der Waals surface area contributed by atoms with E-state index >= 15 is 0 Å². The molecule has 5 nitrogen and oxygen atoms in total. The fourth-order valence-corrected chi connectivity index (χ4v) is 2.97. The van der Waals surface area contributed by atoms with E-state index in [1.165, 1.54) is 5.56 Å². The van der Waals surface area contributed by atoms with Crippen LogP contribution in [0.2, 0.25) is 0 Å². The molecule has 1 heterocycles. The van der Waals surface area contributed by atoms with Crippen LogP contribution in [-0.2, 0) is 6.54 Å². The zero-order valence-electron chi connectivity index (χ0n) is 14.6. The van der Waals surface area contributed by atoms with Gasteiger partial charge >= 0.3 is 0 Å². The van der Waals surface area contributed by atoms with Gasteiger partial charge in [-0.05, 0) is 19.4 Å². The minimum atomic E-state index is 0.678. The van der Waals surface area contributed by atoms with Crippen molar-refractivity contribution in [2.45, 2.75) is 20.4 Å². The Morgan fingerprint density at radius 2 is 1.65 bits per heavy atom. The van der Waals surface area contributed by atoms with Crippen molar-refractivity contribution < 1.29 is 0 Å². The molecule has 1 saturated heterocycles. The molecule has 0 saturated carbocycles. The van der Waals surface area contributed by atoms with Gasteiger partial charge in [0.15, 0.2) is 5.96 Å². The summed E-state index contributed by atoms with van der Waals surface area (Å²) < 4.78 is 0. The average molecular weight is 317 g/mol. The summed E-state index contributed by atoms with van der Waals surface area (Å²) in [5, 5.41) is 0. The first-order valence-corrected chi connectivity index (χ1v) is 8.76. The third-order valence-electron chi connectivity index (χ3n) is 4.49. The molecule has 0 radical (unpaired) electrons. The highest BCUT2D eigenvalue weighted by atomic mass is 15.3. The molecule has 128 valence electrons. The van der Waals surface area contributed by atoms with E-state index in [0.717, 1.165) is 58.9 Å². The van der Waals surface area contributed by atoms with Gasteiger partial charge in [-0.15, -0.1) is 0 Å². The Kier molecular flexibility index (Phi) is 7.36. The number of nitrogens with zero attached hydrogens (tertiary/aromatic N) is 4. The molecule has 1 fully saturated rings. The second-order valence-electron chi connectivity index (χ2n) is 6.02. The first kappa shape index (κ1) is 17.8. The van der Waals surface area contributed by atoms with Gasteiger partial charge in [0.2, 0.25) is 0 Å². The first-order valence-electron chi connectivity index (χ1n) is 8.76. The summed E-state index contributed by atoms with van der Waals surface area (Å²) in [5.41, 5.74) is 7.41. The predicted molar refractivity (Wildman–Crippen MR) is 97.6 cm³/mol. The highest BCUT2D eigenvalue weighted by Gasteiger charge is 2.16. The monoisotopic (exact) mass is 317 g/mol. The lowest BCUT2D eigenvalue weighted by Gasteiger charge is -2.34. The molecule has 0 spiro atoms. The topological polar surface area (TPSA) is 48.1 Å². The molecule has 23 heavy (non-hydrogen) atoms. The standard InChI is InChI=1S/C18H31N5/c1-3-23(4-2)18(19)20-10-11-21-12-14-22(15-13-21)16-17-8-6-5-7-9-17/h5-9H,3-4,10-16H2,1-2H3,(H2,19,20). The second kappa shape index (κ2) is 9.53. The number of hydrogen-bond acceptors (Lipinski definition) is 3. The molecule has 0 aromatic heterocycles. The summed E-state index contributed by atoms with van der Waals surface area (Å²) in [6, 6.07) is 10.7. The van der Waals surface area contributed by atoms with Crippen LogP contribution in [0.25, 0.3) is 0 Å². The summed E-state index contributed by atoms with van der Waals surface area (Å²) in [6.45, 7) is 13.4. The molecule has 1 aromatic rings. The van der Waals surface area contributed by atoms with Crippen LogP contribution in [0.4, 0.5) is 0 Å². The highest BCUT2D eigenvalue weighted by Crippen LogP contribution is 2.08. The molecule has 0 amide bonds. The van der Waals surface area contributed by atoms with Gasteiger partial charge in [-0.1, -0.05) is 30.3 Å². The van der Waals surface area contributed by atoms with Crippen molar-refractivity contribution in [2.24, 2.45) is 10.7 Å². The van der Waals surface area contributed by atoms with Crippen LogP contribution in [0.3, 0.4) is 0 Å². The van der Waals surface area contributed by atoms with Crippen molar-refractivity contribution in [1.29, 1.82) is 0 Å². The van der Waals surface area contributed by atoms with E-state index in [4.69, 9.17) is 5.73 Å². The fourth-order valence-electron chi connectivity index (χ4n) is 2.97. The van der Waals surface area contributed by atoms with Crippen molar-refractivity contribution in [3.05, 3.63) is 35.9 Å². The van der Waals surface area contributed by atoms with E-state index in [1.54, 1.807) is 0 Å². The Bertz CT molecular complexity index is 462. The molecule has 0 unspecified atom stereocenters. The molecular weight excluding hydrogens is 286 g/mol. The predicted octanol–water partition coefficient (Wildman–Crippen LogP) is 1.46. The first-order chi connectivity index (χ1) is 11.2. The molecule has 1 aromatic carbocycles. The Balaban J connectivity index is 1.68. The maximum Gasteiger partial charge on any atom is 0.191 e. The lowest BCUT2D eigenvalue weighted by atomic mass is 10.2. The third kappa shape index (κ3) is 5.84. The lowest BCUT2D eigenvalue weighted by Crippen LogP contribution is -2.46. The van der Waals surface area contributed by atoms with Crippen molar-refractivity contribution in [3.63, 3.8) is 0 Å². The zero-order valence-corrected chi connectivity index (χ0v) is 14.6. The van der Waals surface area contributed by atoms with Gasteiger partial charge in [0, 0.05) is 52.4 Å². The van der Waals surface area contributed by atoms with E-state index in [2.05, 4.69) is 63.9 Å². The van der Waals surface area contributed by atoms with Crippen molar-refractivity contribution in [2.75, 3.05) is 52.4 Å². The number of guanidine groups is 1. The van der Waals surface area contributed by atoms with Crippen molar-refractivity contribution in [3.8, 4) is 0 Å². The second-order valence-corrected chi connectivity index (χ2v) is 6.02. The maximum absolute atomic E-state index is 6.01. The largest absolute Gasteiger partial charge is 0.370 e. The van der Waals surface area contributed by atoms with Gasteiger partial charge in [0.25, 0.3) is 0 Å². The van der Waals surface area contributed by atoms with Gasteiger partial charge in [-0.25, -0.2) is 0 Å². The van der Waals surface area contributed by atoms with Gasteiger partial charge < -0.3 is 10.6 Å². The number of piperazine rings is 1. The van der Waals surface area contributed by atoms with E-state index in [0.29, 0.717) is 5.96 Å². The maximum atomic E-state index is 6.01. The third-order valence-corrected chi connectivity index (χ3v) is 4.49. The zero-order chi connectivity index (χ0) is 16.5. The Morgan fingerprint density at radius 1 is 1.04 bits per heavy atom. The van der Waals surface area contributed by atoms with Crippen molar-refractivity contribution >= 4 is 5.96 Å². The number of rotatable bonds is 7. The van der Waals surface area contributed by atoms with E-state index in [9.17, 15) is 0 Å². The van der Waals surface area contributed by atoms with Crippen LogP contribution in [-0.4, -0.2) is 73.0 Å². The number of benzene rings is 1. The molecule has 2 rings (SSSR count). The van der Waals surface area contributed by atoms with Crippen LogP contribution in [0.15, 0.2) is 35.3 Å².